The molecule has 0 saturated carbocycles. The van der Waals surface area contributed by atoms with Crippen LogP contribution in [0, 0.1) is 0 Å². The second-order valence-electron chi connectivity index (χ2n) is 4.62. The lowest BCUT2D eigenvalue weighted by Crippen LogP contribution is -1.94. The first-order valence-corrected chi connectivity index (χ1v) is 7.15. The first-order chi connectivity index (χ1) is 10.3. The van der Waals surface area contributed by atoms with E-state index in [9.17, 15) is 0 Å². The number of pyridine rings is 1. The van der Waals surface area contributed by atoms with E-state index in [2.05, 4.69) is 4.98 Å². The fourth-order valence-electron chi connectivity index (χ4n) is 2.28. The Balaban J connectivity index is 1.98. The minimum atomic E-state index is 0.630. The predicted octanol–water partition coefficient (Wildman–Crippen LogP) is 3.80. The van der Waals surface area contributed by atoms with Crippen LogP contribution < -0.4 is 9.47 Å². The summed E-state index contributed by atoms with van der Waals surface area (Å²) in [6, 6.07) is 11.9. The van der Waals surface area contributed by atoms with Gasteiger partial charge >= 0.3 is 0 Å². The molecule has 0 fully saturated rings. The summed E-state index contributed by atoms with van der Waals surface area (Å²) in [6.07, 6.45) is 3.98. The zero-order chi connectivity index (χ0) is 14.7. The lowest BCUT2D eigenvalue weighted by molar-refractivity contribution is 0.340. The highest BCUT2D eigenvalue weighted by Gasteiger charge is 2.08. The lowest BCUT2D eigenvalue weighted by atomic mass is 10.2. The molecule has 0 unspecified atom stereocenters. The van der Waals surface area contributed by atoms with Crippen LogP contribution in [0.25, 0.3) is 16.9 Å². The number of hydrogen-bond donors (Lipinski definition) is 0. The van der Waals surface area contributed by atoms with Crippen molar-refractivity contribution in [2.24, 2.45) is 0 Å². The Morgan fingerprint density at radius 1 is 1.00 bits per heavy atom. The van der Waals surface area contributed by atoms with E-state index < -0.39 is 0 Å². The molecule has 0 radical (unpaired) electrons. The largest absolute Gasteiger partial charge is 0.494 e. The second-order valence-corrected chi connectivity index (χ2v) is 4.62. The highest BCUT2D eigenvalue weighted by molar-refractivity contribution is 5.66. The summed E-state index contributed by atoms with van der Waals surface area (Å²) >= 11 is 0. The van der Waals surface area contributed by atoms with Gasteiger partial charge in [0, 0.05) is 18.0 Å². The third kappa shape index (κ3) is 2.70. The van der Waals surface area contributed by atoms with Crippen molar-refractivity contribution in [3.8, 4) is 22.8 Å². The Bertz CT molecular complexity index is 732. The molecule has 0 N–H and O–H groups in total. The average molecular weight is 282 g/mol. The first-order valence-electron chi connectivity index (χ1n) is 7.15. The van der Waals surface area contributed by atoms with Gasteiger partial charge in [0.1, 0.15) is 5.75 Å². The maximum atomic E-state index is 5.62. The van der Waals surface area contributed by atoms with Crippen molar-refractivity contribution in [3.63, 3.8) is 0 Å². The summed E-state index contributed by atoms with van der Waals surface area (Å²) < 4.78 is 13.1. The molecule has 0 bridgehead atoms. The van der Waals surface area contributed by atoms with E-state index in [1.807, 2.05) is 67.0 Å². The van der Waals surface area contributed by atoms with E-state index >= 15 is 0 Å². The summed E-state index contributed by atoms with van der Waals surface area (Å²) in [6.45, 7) is 5.25. The Hall–Kier alpha value is -2.49. The number of nitrogens with zero attached hydrogens (tertiary/aromatic N) is 2. The second kappa shape index (κ2) is 5.87. The van der Waals surface area contributed by atoms with E-state index in [0.717, 1.165) is 28.4 Å². The van der Waals surface area contributed by atoms with Gasteiger partial charge in [0.15, 0.2) is 11.4 Å². The van der Waals surface area contributed by atoms with Crippen molar-refractivity contribution in [1.29, 1.82) is 0 Å². The molecule has 0 saturated heterocycles. The van der Waals surface area contributed by atoms with Crippen molar-refractivity contribution in [3.05, 3.63) is 48.8 Å². The van der Waals surface area contributed by atoms with Gasteiger partial charge in [-0.2, -0.15) is 0 Å². The molecule has 0 aliphatic rings. The van der Waals surface area contributed by atoms with Crippen LogP contribution in [0.15, 0.2) is 48.8 Å². The molecule has 0 spiro atoms. The topological polar surface area (TPSA) is 35.8 Å². The molecule has 2 aromatic heterocycles. The quantitative estimate of drug-likeness (QED) is 0.714. The lowest BCUT2D eigenvalue weighted by Gasteiger charge is -2.03. The normalized spacial score (nSPS) is 10.8. The number of imidazole rings is 1. The van der Waals surface area contributed by atoms with Crippen LogP contribution in [-0.4, -0.2) is 22.6 Å². The minimum absolute atomic E-state index is 0.630. The number of benzene rings is 1. The Kier molecular flexibility index (Phi) is 3.77. The number of ether oxygens (including phenoxy) is 2. The van der Waals surface area contributed by atoms with Gasteiger partial charge in [-0.1, -0.05) is 0 Å². The van der Waals surface area contributed by atoms with Gasteiger partial charge in [0.2, 0.25) is 0 Å². The molecule has 21 heavy (non-hydrogen) atoms. The van der Waals surface area contributed by atoms with E-state index in [1.165, 1.54) is 0 Å². The predicted molar refractivity (Wildman–Crippen MR) is 83.0 cm³/mol. The highest BCUT2D eigenvalue weighted by Crippen LogP contribution is 2.25. The zero-order valence-corrected chi connectivity index (χ0v) is 12.2. The Labute approximate surface area is 124 Å². The van der Waals surface area contributed by atoms with Crippen molar-refractivity contribution in [2.75, 3.05) is 13.2 Å². The summed E-state index contributed by atoms with van der Waals surface area (Å²) in [4.78, 5) is 4.67. The molecule has 2 heterocycles. The molecule has 0 aliphatic carbocycles. The van der Waals surface area contributed by atoms with Crippen molar-refractivity contribution in [2.45, 2.75) is 13.8 Å². The monoisotopic (exact) mass is 282 g/mol. The van der Waals surface area contributed by atoms with E-state index in [-0.39, 0.29) is 0 Å². The van der Waals surface area contributed by atoms with Crippen molar-refractivity contribution < 1.29 is 9.47 Å². The molecular formula is C17H18N2O2. The van der Waals surface area contributed by atoms with Gasteiger partial charge in [-0.15, -0.1) is 0 Å². The summed E-state index contributed by atoms with van der Waals surface area (Å²) in [5, 5.41) is 0. The van der Waals surface area contributed by atoms with Gasteiger partial charge in [-0.3, -0.25) is 0 Å². The molecule has 0 amide bonds. The van der Waals surface area contributed by atoms with Crippen LogP contribution in [0.5, 0.6) is 11.5 Å². The van der Waals surface area contributed by atoms with Crippen LogP contribution in [0.3, 0.4) is 0 Å². The Morgan fingerprint density at radius 3 is 2.48 bits per heavy atom. The molecule has 0 atom stereocenters. The third-order valence-corrected chi connectivity index (χ3v) is 3.21. The molecule has 1 aromatic carbocycles. The summed E-state index contributed by atoms with van der Waals surface area (Å²) in [5.74, 6) is 1.68. The third-order valence-electron chi connectivity index (χ3n) is 3.21. The molecule has 108 valence electrons. The maximum Gasteiger partial charge on any atom is 0.180 e. The highest BCUT2D eigenvalue weighted by atomic mass is 16.5. The van der Waals surface area contributed by atoms with Gasteiger partial charge in [0.05, 0.1) is 18.9 Å². The molecule has 4 nitrogen and oxygen atoms in total. The van der Waals surface area contributed by atoms with Crippen LogP contribution >= 0.6 is 0 Å². The number of hydrogen-bond acceptors (Lipinski definition) is 3. The molecule has 0 aliphatic heterocycles. The van der Waals surface area contributed by atoms with E-state index in [0.29, 0.717) is 13.2 Å². The number of rotatable bonds is 5. The van der Waals surface area contributed by atoms with E-state index in [4.69, 9.17) is 9.47 Å². The van der Waals surface area contributed by atoms with Crippen LogP contribution in [0.2, 0.25) is 0 Å². The average Bonchev–Trinajstić information content (AvgIpc) is 2.94. The standard InChI is InChI=1S/C17H18N2O2/c1-3-20-14-9-7-13(8-10-14)15-12-19-11-5-6-16(21-4-2)17(19)18-15/h5-12H,3-4H2,1-2H3. The number of fused-ring (bicyclic) bond motifs is 1. The molecule has 3 aromatic rings. The van der Waals surface area contributed by atoms with Gasteiger partial charge in [0.25, 0.3) is 0 Å². The first kappa shape index (κ1) is 13.5. The number of aromatic nitrogens is 2. The van der Waals surface area contributed by atoms with Crippen LogP contribution in [0.1, 0.15) is 13.8 Å². The van der Waals surface area contributed by atoms with Gasteiger partial charge < -0.3 is 13.9 Å². The van der Waals surface area contributed by atoms with Crippen LogP contribution in [0.4, 0.5) is 0 Å². The molecule has 3 rings (SSSR count). The zero-order valence-electron chi connectivity index (χ0n) is 12.2. The fourth-order valence-corrected chi connectivity index (χ4v) is 2.28. The van der Waals surface area contributed by atoms with Crippen molar-refractivity contribution in [1.82, 2.24) is 9.38 Å². The Morgan fingerprint density at radius 2 is 1.76 bits per heavy atom. The van der Waals surface area contributed by atoms with Crippen molar-refractivity contribution >= 4 is 5.65 Å². The van der Waals surface area contributed by atoms with Crippen LogP contribution in [-0.2, 0) is 0 Å². The van der Waals surface area contributed by atoms with Gasteiger partial charge in [-0.05, 0) is 50.2 Å². The minimum Gasteiger partial charge on any atom is -0.494 e. The fraction of sp³-hybridized carbons (Fsp3) is 0.235. The van der Waals surface area contributed by atoms with E-state index in [1.54, 1.807) is 0 Å². The van der Waals surface area contributed by atoms with Gasteiger partial charge in [-0.25, -0.2) is 4.98 Å². The SMILES string of the molecule is CCOc1ccc(-c2cn3cccc(OCC)c3n2)cc1. The maximum absolute atomic E-state index is 5.62. The molecular weight excluding hydrogens is 264 g/mol. The summed E-state index contributed by atoms with van der Waals surface area (Å²) in [5.41, 5.74) is 2.82. The smallest absolute Gasteiger partial charge is 0.180 e. The molecule has 4 heteroatoms. The summed E-state index contributed by atoms with van der Waals surface area (Å²) in [7, 11) is 0.